The molecule has 6 nitrogen and oxygen atoms in total. The van der Waals surface area contributed by atoms with Crippen LogP contribution in [0.15, 0.2) is 46.5 Å². The average Bonchev–Trinajstić information content (AvgIpc) is 2.75. The van der Waals surface area contributed by atoms with Crippen LogP contribution in [0.5, 0.6) is 5.75 Å². The van der Waals surface area contributed by atoms with Crippen LogP contribution in [0.25, 0.3) is 0 Å². The molecule has 2 amide bonds. The van der Waals surface area contributed by atoms with Gasteiger partial charge in [0, 0.05) is 17.1 Å². The Bertz CT molecular complexity index is 834. The van der Waals surface area contributed by atoms with Crippen LogP contribution >= 0.6 is 34.8 Å². The molecule has 0 bridgehead atoms. The van der Waals surface area contributed by atoms with E-state index in [9.17, 15) is 9.59 Å². The zero-order chi connectivity index (χ0) is 22.2. The van der Waals surface area contributed by atoms with Gasteiger partial charge in [-0.2, -0.15) is 0 Å². The van der Waals surface area contributed by atoms with Crippen molar-refractivity contribution >= 4 is 46.6 Å². The van der Waals surface area contributed by atoms with Crippen LogP contribution in [-0.4, -0.2) is 43.2 Å². The molecule has 31 heavy (non-hydrogen) atoms. The normalized spacial score (nSPS) is 23.4. The molecule has 0 spiro atoms. The minimum atomic E-state index is -0.248. The molecule has 0 radical (unpaired) electrons. The quantitative estimate of drug-likeness (QED) is 0.573. The number of carbonyl (C=O) groups is 2. The van der Waals surface area contributed by atoms with Gasteiger partial charge in [-0.3, -0.25) is 9.59 Å². The zero-order valence-corrected chi connectivity index (χ0v) is 19.2. The number of allylic oxidation sites excluding steroid dienone is 2. The lowest BCUT2D eigenvalue weighted by molar-refractivity contribution is -0.128. The summed E-state index contributed by atoms with van der Waals surface area (Å²) in [6, 6.07) is 7.02. The standard InChI is InChI=1S/C22H25Cl3N2O4/c23-14-1-7-17(8-2-14)30-12-21(28)26-15-3-5-16(6-4-15)27-22(29)13-31-18-9-10-19(24)20(25)11-18/h1-2,7-8,10-11,15-16,18H,3-6,9,12-13H2,(H,26,28)(H,27,29)/t15-,16-,18?. The smallest absolute Gasteiger partial charge is 0.258 e. The van der Waals surface area contributed by atoms with Crippen LogP contribution in [0, 0.1) is 0 Å². The number of hydrogen-bond donors (Lipinski definition) is 2. The molecule has 1 aromatic carbocycles. The molecule has 0 aromatic heterocycles. The van der Waals surface area contributed by atoms with Crippen molar-refractivity contribution in [3.8, 4) is 5.75 Å². The van der Waals surface area contributed by atoms with Gasteiger partial charge in [0.05, 0.1) is 16.2 Å². The average molecular weight is 488 g/mol. The molecule has 168 valence electrons. The third-order valence-corrected chi connectivity index (χ3v) is 6.20. The lowest BCUT2D eigenvalue weighted by Crippen LogP contribution is -2.45. The molecule has 1 aromatic rings. The first-order valence-corrected chi connectivity index (χ1v) is 11.3. The van der Waals surface area contributed by atoms with Gasteiger partial charge in [-0.25, -0.2) is 0 Å². The Kier molecular flexibility index (Phi) is 9.08. The summed E-state index contributed by atoms with van der Waals surface area (Å²) in [4.78, 5) is 24.3. The van der Waals surface area contributed by atoms with Crippen molar-refractivity contribution in [2.45, 2.75) is 50.3 Å². The summed E-state index contributed by atoms with van der Waals surface area (Å²) in [5.74, 6) is 0.275. The lowest BCUT2D eigenvalue weighted by atomic mass is 9.91. The van der Waals surface area contributed by atoms with Crippen LogP contribution in [-0.2, 0) is 14.3 Å². The topological polar surface area (TPSA) is 76.7 Å². The van der Waals surface area contributed by atoms with Crippen molar-refractivity contribution in [3.63, 3.8) is 0 Å². The SMILES string of the molecule is O=C(COc1ccc(Cl)cc1)N[C@H]1CC[C@H](NC(=O)COC2C=C(Cl)C(Cl)=CC2)CC1. The second kappa shape index (κ2) is 11.8. The monoisotopic (exact) mass is 486 g/mol. The highest BCUT2D eigenvalue weighted by Crippen LogP contribution is 2.26. The Morgan fingerprint density at radius 1 is 0.871 bits per heavy atom. The number of amides is 2. The van der Waals surface area contributed by atoms with Gasteiger partial charge in [0.2, 0.25) is 5.91 Å². The first-order chi connectivity index (χ1) is 14.9. The Morgan fingerprint density at radius 2 is 1.45 bits per heavy atom. The van der Waals surface area contributed by atoms with E-state index in [2.05, 4.69) is 10.6 Å². The number of carbonyl (C=O) groups excluding carboxylic acids is 2. The largest absolute Gasteiger partial charge is 0.484 e. The number of ether oxygens (including phenoxy) is 2. The maximum Gasteiger partial charge on any atom is 0.258 e. The van der Waals surface area contributed by atoms with Crippen LogP contribution in [0.3, 0.4) is 0 Å². The molecule has 0 aliphatic heterocycles. The number of benzene rings is 1. The summed E-state index contributed by atoms with van der Waals surface area (Å²) in [7, 11) is 0. The maximum absolute atomic E-state index is 12.2. The summed E-state index contributed by atoms with van der Waals surface area (Å²) in [6.45, 7) is -0.0782. The predicted octanol–water partition coefficient (Wildman–Crippen LogP) is 4.30. The Balaban J connectivity index is 1.29. The van der Waals surface area contributed by atoms with Crippen LogP contribution < -0.4 is 15.4 Å². The van der Waals surface area contributed by atoms with Gasteiger partial charge in [0.15, 0.2) is 6.61 Å². The lowest BCUT2D eigenvalue weighted by Gasteiger charge is -2.29. The third kappa shape index (κ3) is 8.04. The second-order valence-electron chi connectivity index (χ2n) is 7.58. The van der Waals surface area contributed by atoms with E-state index in [0.717, 1.165) is 25.7 Å². The Morgan fingerprint density at radius 3 is 2.03 bits per heavy atom. The van der Waals surface area contributed by atoms with Gasteiger partial charge in [0.1, 0.15) is 12.4 Å². The molecule has 2 N–H and O–H groups in total. The highest BCUT2D eigenvalue weighted by Gasteiger charge is 2.24. The van der Waals surface area contributed by atoms with Gasteiger partial charge in [-0.15, -0.1) is 0 Å². The summed E-state index contributed by atoms with van der Waals surface area (Å²) < 4.78 is 11.1. The van der Waals surface area contributed by atoms with Crippen molar-refractivity contribution in [1.29, 1.82) is 0 Å². The fourth-order valence-electron chi connectivity index (χ4n) is 3.53. The molecule has 1 atom stereocenters. The van der Waals surface area contributed by atoms with E-state index in [-0.39, 0.29) is 43.2 Å². The second-order valence-corrected chi connectivity index (χ2v) is 8.83. The maximum atomic E-state index is 12.2. The fraction of sp³-hybridized carbons (Fsp3) is 0.455. The van der Waals surface area contributed by atoms with Crippen molar-refractivity contribution < 1.29 is 19.1 Å². The molecule has 0 saturated heterocycles. The van der Waals surface area contributed by atoms with Crippen molar-refractivity contribution in [2.24, 2.45) is 0 Å². The molecular formula is C22H25Cl3N2O4. The van der Waals surface area contributed by atoms with E-state index in [1.165, 1.54) is 0 Å². The molecule has 9 heteroatoms. The molecule has 2 aliphatic rings. The highest BCUT2D eigenvalue weighted by molar-refractivity contribution is 6.44. The van der Waals surface area contributed by atoms with Crippen molar-refractivity contribution in [1.82, 2.24) is 10.6 Å². The Labute approximate surface area is 196 Å². The van der Waals surface area contributed by atoms with E-state index in [4.69, 9.17) is 44.3 Å². The Hall–Kier alpha value is -1.73. The van der Waals surface area contributed by atoms with Gasteiger partial charge in [-0.1, -0.05) is 40.9 Å². The predicted molar refractivity (Wildman–Crippen MR) is 122 cm³/mol. The highest BCUT2D eigenvalue weighted by atomic mass is 35.5. The van der Waals surface area contributed by atoms with Gasteiger partial charge < -0.3 is 20.1 Å². The number of rotatable bonds is 8. The van der Waals surface area contributed by atoms with Gasteiger partial charge in [-0.05, 0) is 62.4 Å². The van der Waals surface area contributed by atoms with Crippen molar-refractivity contribution in [2.75, 3.05) is 13.2 Å². The van der Waals surface area contributed by atoms with Gasteiger partial charge in [0.25, 0.3) is 5.91 Å². The van der Waals surface area contributed by atoms with E-state index >= 15 is 0 Å². The van der Waals surface area contributed by atoms with Gasteiger partial charge >= 0.3 is 0 Å². The van der Waals surface area contributed by atoms with E-state index < -0.39 is 0 Å². The van der Waals surface area contributed by atoms with E-state index in [1.807, 2.05) is 0 Å². The third-order valence-electron chi connectivity index (χ3n) is 5.16. The minimum absolute atomic E-state index is 0.0322. The molecular weight excluding hydrogens is 463 g/mol. The molecule has 2 aliphatic carbocycles. The minimum Gasteiger partial charge on any atom is -0.484 e. The first kappa shape index (κ1) is 23.9. The molecule has 1 unspecified atom stereocenters. The summed E-state index contributed by atoms with van der Waals surface area (Å²) in [6.07, 6.45) is 7.01. The van der Waals surface area contributed by atoms with Crippen molar-refractivity contribution in [3.05, 3.63) is 51.5 Å². The molecule has 3 rings (SSSR count). The molecule has 1 saturated carbocycles. The summed E-state index contributed by atoms with van der Waals surface area (Å²) in [5, 5.41) is 7.55. The van der Waals surface area contributed by atoms with Crippen LogP contribution in [0.4, 0.5) is 0 Å². The molecule has 0 heterocycles. The fourth-order valence-corrected chi connectivity index (χ4v) is 4.02. The summed E-state index contributed by atoms with van der Waals surface area (Å²) in [5.41, 5.74) is 0. The number of halogens is 3. The first-order valence-electron chi connectivity index (χ1n) is 10.2. The number of nitrogens with one attached hydrogen (secondary N) is 2. The number of hydrogen-bond acceptors (Lipinski definition) is 4. The molecule has 1 fully saturated rings. The van der Waals surface area contributed by atoms with E-state index in [1.54, 1.807) is 36.4 Å². The van der Waals surface area contributed by atoms with E-state index in [0.29, 0.717) is 27.3 Å². The van der Waals surface area contributed by atoms with Crippen LogP contribution in [0.1, 0.15) is 32.1 Å². The zero-order valence-electron chi connectivity index (χ0n) is 16.9. The van der Waals surface area contributed by atoms with Crippen LogP contribution in [0.2, 0.25) is 5.02 Å². The summed E-state index contributed by atoms with van der Waals surface area (Å²) >= 11 is 17.7.